The second kappa shape index (κ2) is 3.62. The molecular weight excluding hydrogens is 176 g/mol. The molecule has 1 aliphatic rings. The first-order valence-electron chi connectivity index (χ1n) is 4.76. The van der Waals surface area contributed by atoms with E-state index in [0.717, 1.165) is 18.4 Å². The molecule has 2 unspecified atom stereocenters. The van der Waals surface area contributed by atoms with Gasteiger partial charge in [-0.25, -0.2) is 9.97 Å². The third-order valence-electron chi connectivity index (χ3n) is 2.57. The Balaban J connectivity index is 1.92. The highest BCUT2D eigenvalue weighted by molar-refractivity contribution is 5.30. The number of hydrogen-bond donors (Lipinski definition) is 1. The number of aromatic nitrogens is 2. The molecule has 1 heterocycles. The van der Waals surface area contributed by atoms with Crippen molar-refractivity contribution in [2.45, 2.75) is 13.3 Å². The minimum absolute atomic E-state index is 0.409. The first kappa shape index (κ1) is 8.95. The molecule has 72 valence electrons. The molecule has 0 aromatic carbocycles. The van der Waals surface area contributed by atoms with Crippen molar-refractivity contribution in [2.75, 3.05) is 11.9 Å². The van der Waals surface area contributed by atoms with Crippen molar-refractivity contribution in [3.05, 3.63) is 18.0 Å². The van der Waals surface area contributed by atoms with Crippen LogP contribution in [0.2, 0.25) is 0 Å². The summed E-state index contributed by atoms with van der Waals surface area (Å²) < 4.78 is 0. The van der Waals surface area contributed by atoms with Crippen molar-refractivity contribution in [1.82, 2.24) is 9.97 Å². The van der Waals surface area contributed by atoms with E-state index in [-0.39, 0.29) is 0 Å². The summed E-state index contributed by atoms with van der Waals surface area (Å²) in [6, 6.07) is 3.59. The average molecular weight is 188 g/mol. The fourth-order valence-electron chi connectivity index (χ4n) is 1.41. The lowest BCUT2D eigenvalue weighted by Crippen LogP contribution is -2.07. The van der Waals surface area contributed by atoms with E-state index in [4.69, 9.17) is 5.26 Å². The SMILES string of the molecule is CC1CC1CNc1nccc(C#N)n1. The Kier molecular flexibility index (Phi) is 2.32. The van der Waals surface area contributed by atoms with Crippen LogP contribution in [0.25, 0.3) is 0 Å². The van der Waals surface area contributed by atoms with Gasteiger partial charge in [0, 0.05) is 12.7 Å². The van der Waals surface area contributed by atoms with Crippen LogP contribution >= 0.6 is 0 Å². The standard InChI is InChI=1S/C10H12N4/c1-7-4-8(7)6-13-10-12-3-2-9(5-11)14-10/h2-3,7-8H,4,6H2,1H3,(H,12,13,14). The Morgan fingerprint density at radius 1 is 1.71 bits per heavy atom. The van der Waals surface area contributed by atoms with Crippen LogP contribution in [0, 0.1) is 23.2 Å². The third kappa shape index (κ3) is 1.99. The van der Waals surface area contributed by atoms with E-state index in [1.54, 1.807) is 12.3 Å². The van der Waals surface area contributed by atoms with Crippen LogP contribution < -0.4 is 5.32 Å². The zero-order valence-corrected chi connectivity index (χ0v) is 8.07. The molecule has 0 spiro atoms. The van der Waals surface area contributed by atoms with E-state index in [0.29, 0.717) is 11.6 Å². The normalized spacial score (nSPS) is 24.0. The van der Waals surface area contributed by atoms with Gasteiger partial charge in [0.05, 0.1) is 0 Å². The van der Waals surface area contributed by atoms with E-state index >= 15 is 0 Å². The van der Waals surface area contributed by atoms with Gasteiger partial charge in [-0.1, -0.05) is 6.92 Å². The maximum Gasteiger partial charge on any atom is 0.223 e. The summed E-state index contributed by atoms with van der Waals surface area (Å²) in [6.45, 7) is 3.15. The number of nitriles is 1. The second-order valence-corrected chi connectivity index (χ2v) is 3.73. The van der Waals surface area contributed by atoms with Crippen LogP contribution in [-0.4, -0.2) is 16.5 Å². The maximum absolute atomic E-state index is 8.63. The Labute approximate surface area is 83.0 Å². The van der Waals surface area contributed by atoms with Crippen LogP contribution in [0.15, 0.2) is 12.3 Å². The summed E-state index contributed by atoms with van der Waals surface area (Å²) >= 11 is 0. The number of nitrogens with zero attached hydrogens (tertiary/aromatic N) is 3. The Hall–Kier alpha value is -1.63. The van der Waals surface area contributed by atoms with E-state index in [1.807, 2.05) is 6.07 Å². The molecule has 0 amide bonds. The van der Waals surface area contributed by atoms with Gasteiger partial charge in [-0.2, -0.15) is 5.26 Å². The Bertz CT molecular complexity index is 369. The Morgan fingerprint density at radius 3 is 3.14 bits per heavy atom. The molecule has 2 atom stereocenters. The summed E-state index contributed by atoms with van der Waals surface area (Å²) in [5.74, 6) is 2.13. The molecule has 14 heavy (non-hydrogen) atoms. The topological polar surface area (TPSA) is 61.6 Å². The molecule has 0 radical (unpaired) electrons. The quantitative estimate of drug-likeness (QED) is 0.779. The minimum Gasteiger partial charge on any atom is -0.354 e. The number of anilines is 1. The third-order valence-corrected chi connectivity index (χ3v) is 2.57. The highest BCUT2D eigenvalue weighted by Crippen LogP contribution is 2.37. The largest absolute Gasteiger partial charge is 0.354 e. The molecule has 1 aromatic rings. The van der Waals surface area contributed by atoms with Gasteiger partial charge in [-0.15, -0.1) is 0 Å². The lowest BCUT2D eigenvalue weighted by atomic mass is 10.3. The van der Waals surface area contributed by atoms with Crippen LogP contribution in [0.3, 0.4) is 0 Å². The van der Waals surface area contributed by atoms with E-state index in [9.17, 15) is 0 Å². The van der Waals surface area contributed by atoms with Crippen LogP contribution in [0.1, 0.15) is 19.0 Å². The van der Waals surface area contributed by atoms with E-state index in [2.05, 4.69) is 22.2 Å². The van der Waals surface area contributed by atoms with Gasteiger partial charge < -0.3 is 5.32 Å². The molecule has 2 rings (SSSR count). The number of hydrogen-bond acceptors (Lipinski definition) is 4. The molecular formula is C10H12N4. The lowest BCUT2D eigenvalue weighted by molar-refractivity contribution is 0.780. The fraction of sp³-hybridized carbons (Fsp3) is 0.500. The summed E-state index contributed by atoms with van der Waals surface area (Å²) in [5, 5.41) is 11.8. The number of nitrogens with one attached hydrogen (secondary N) is 1. The molecule has 4 nitrogen and oxygen atoms in total. The molecule has 1 aromatic heterocycles. The minimum atomic E-state index is 0.409. The molecule has 0 saturated heterocycles. The van der Waals surface area contributed by atoms with Gasteiger partial charge in [-0.05, 0) is 24.3 Å². The predicted octanol–water partition coefficient (Wildman–Crippen LogP) is 1.42. The first-order valence-corrected chi connectivity index (χ1v) is 4.76. The van der Waals surface area contributed by atoms with Gasteiger partial charge in [0.15, 0.2) is 0 Å². The summed E-state index contributed by atoms with van der Waals surface area (Å²) in [4.78, 5) is 8.07. The van der Waals surface area contributed by atoms with Crippen molar-refractivity contribution in [3.8, 4) is 6.07 Å². The van der Waals surface area contributed by atoms with Gasteiger partial charge in [-0.3, -0.25) is 0 Å². The fourth-order valence-corrected chi connectivity index (χ4v) is 1.41. The first-order chi connectivity index (χ1) is 6.79. The van der Waals surface area contributed by atoms with E-state index in [1.165, 1.54) is 6.42 Å². The van der Waals surface area contributed by atoms with Crippen molar-refractivity contribution in [2.24, 2.45) is 11.8 Å². The van der Waals surface area contributed by atoms with Crippen molar-refractivity contribution < 1.29 is 0 Å². The second-order valence-electron chi connectivity index (χ2n) is 3.73. The van der Waals surface area contributed by atoms with Gasteiger partial charge in [0.2, 0.25) is 5.95 Å². The van der Waals surface area contributed by atoms with Crippen molar-refractivity contribution in [1.29, 1.82) is 5.26 Å². The highest BCUT2D eigenvalue weighted by Gasteiger charge is 2.31. The molecule has 0 aliphatic heterocycles. The van der Waals surface area contributed by atoms with Gasteiger partial charge >= 0.3 is 0 Å². The van der Waals surface area contributed by atoms with Gasteiger partial charge in [0.25, 0.3) is 0 Å². The molecule has 1 fully saturated rings. The average Bonchev–Trinajstić information content (AvgIpc) is 2.92. The molecule has 1 saturated carbocycles. The predicted molar refractivity (Wildman–Crippen MR) is 52.5 cm³/mol. The zero-order chi connectivity index (χ0) is 9.97. The van der Waals surface area contributed by atoms with Crippen LogP contribution in [-0.2, 0) is 0 Å². The zero-order valence-electron chi connectivity index (χ0n) is 8.07. The monoisotopic (exact) mass is 188 g/mol. The van der Waals surface area contributed by atoms with Gasteiger partial charge in [0.1, 0.15) is 11.8 Å². The van der Waals surface area contributed by atoms with Crippen LogP contribution in [0.4, 0.5) is 5.95 Å². The molecule has 0 bridgehead atoms. The van der Waals surface area contributed by atoms with E-state index < -0.39 is 0 Å². The molecule has 1 N–H and O–H groups in total. The summed E-state index contributed by atoms with van der Waals surface area (Å²) in [6.07, 6.45) is 2.88. The van der Waals surface area contributed by atoms with Crippen molar-refractivity contribution >= 4 is 5.95 Å². The Morgan fingerprint density at radius 2 is 2.50 bits per heavy atom. The molecule has 4 heteroatoms. The van der Waals surface area contributed by atoms with Crippen LogP contribution in [0.5, 0.6) is 0 Å². The lowest BCUT2D eigenvalue weighted by Gasteiger charge is -2.02. The van der Waals surface area contributed by atoms with Crippen molar-refractivity contribution in [3.63, 3.8) is 0 Å². The highest BCUT2D eigenvalue weighted by atomic mass is 15.1. The number of rotatable bonds is 3. The summed E-state index contributed by atoms with van der Waals surface area (Å²) in [5.41, 5.74) is 0.409. The maximum atomic E-state index is 8.63. The smallest absolute Gasteiger partial charge is 0.223 e. The summed E-state index contributed by atoms with van der Waals surface area (Å²) in [7, 11) is 0. The molecule has 1 aliphatic carbocycles.